The third-order valence-electron chi connectivity index (χ3n) is 4.23. The molecule has 2 aliphatic rings. The van der Waals surface area contributed by atoms with Crippen LogP contribution in [0.4, 0.5) is 0 Å². The SMILES string of the molecule is CC(C(=O)NC1CC1)n1cncc1C(N)C1CCOC1. The van der Waals surface area contributed by atoms with Crippen molar-refractivity contribution in [1.82, 2.24) is 14.9 Å². The van der Waals surface area contributed by atoms with Crippen LogP contribution in [0.5, 0.6) is 0 Å². The Morgan fingerprint density at radius 1 is 1.55 bits per heavy atom. The summed E-state index contributed by atoms with van der Waals surface area (Å²) in [5.74, 6) is 0.353. The number of nitrogens with one attached hydrogen (secondary N) is 1. The van der Waals surface area contributed by atoms with Crippen LogP contribution in [0.25, 0.3) is 0 Å². The van der Waals surface area contributed by atoms with Gasteiger partial charge in [-0.1, -0.05) is 0 Å². The Morgan fingerprint density at radius 3 is 3.00 bits per heavy atom. The molecule has 0 radical (unpaired) electrons. The zero-order valence-corrected chi connectivity index (χ0v) is 11.8. The number of aromatic nitrogens is 2. The number of amides is 1. The second-order valence-corrected chi connectivity index (χ2v) is 5.83. The Hall–Kier alpha value is -1.40. The lowest BCUT2D eigenvalue weighted by Crippen LogP contribution is -2.34. The molecule has 3 atom stereocenters. The van der Waals surface area contributed by atoms with Crippen molar-refractivity contribution in [1.29, 1.82) is 0 Å². The van der Waals surface area contributed by atoms with E-state index in [-0.39, 0.29) is 18.0 Å². The van der Waals surface area contributed by atoms with E-state index in [4.69, 9.17) is 10.5 Å². The van der Waals surface area contributed by atoms with Gasteiger partial charge in [0.05, 0.1) is 24.7 Å². The van der Waals surface area contributed by atoms with Gasteiger partial charge in [-0.25, -0.2) is 4.98 Å². The van der Waals surface area contributed by atoms with E-state index in [1.807, 2.05) is 11.5 Å². The summed E-state index contributed by atoms with van der Waals surface area (Å²) in [6.45, 7) is 3.35. The molecule has 1 saturated carbocycles. The molecule has 3 N–H and O–H groups in total. The number of nitrogens with zero attached hydrogens (tertiary/aromatic N) is 2. The quantitative estimate of drug-likeness (QED) is 0.833. The number of ether oxygens (including phenoxy) is 1. The van der Waals surface area contributed by atoms with Crippen LogP contribution in [0.15, 0.2) is 12.5 Å². The van der Waals surface area contributed by atoms with Crippen LogP contribution in [0.1, 0.15) is 44.0 Å². The molecular weight excluding hydrogens is 256 g/mol. The van der Waals surface area contributed by atoms with Gasteiger partial charge in [0.2, 0.25) is 5.91 Å². The van der Waals surface area contributed by atoms with E-state index in [9.17, 15) is 4.79 Å². The minimum absolute atomic E-state index is 0.0432. The molecule has 1 saturated heterocycles. The predicted octanol–water partition coefficient (Wildman–Crippen LogP) is 0.759. The Labute approximate surface area is 118 Å². The van der Waals surface area contributed by atoms with Crippen molar-refractivity contribution in [3.63, 3.8) is 0 Å². The molecule has 110 valence electrons. The smallest absolute Gasteiger partial charge is 0.243 e. The predicted molar refractivity (Wildman–Crippen MR) is 74.0 cm³/mol. The minimum Gasteiger partial charge on any atom is -0.381 e. The summed E-state index contributed by atoms with van der Waals surface area (Å²) in [6.07, 6.45) is 6.61. The van der Waals surface area contributed by atoms with E-state index in [0.29, 0.717) is 18.6 Å². The standard InChI is InChI=1S/C14H22N4O2/c1-9(14(19)17-11-2-3-11)18-8-16-6-12(18)13(15)10-4-5-20-7-10/h6,8-11,13H,2-5,7,15H2,1H3,(H,17,19). The highest BCUT2D eigenvalue weighted by Gasteiger charge is 2.30. The molecule has 0 spiro atoms. The average Bonchev–Trinajstić information content (AvgIpc) is 2.98. The maximum absolute atomic E-state index is 12.2. The van der Waals surface area contributed by atoms with Crippen LogP contribution < -0.4 is 11.1 Å². The maximum Gasteiger partial charge on any atom is 0.243 e. The lowest BCUT2D eigenvalue weighted by Gasteiger charge is -2.22. The monoisotopic (exact) mass is 278 g/mol. The Kier molecular flexibility index (Phi) is 3.76. The van der Waals surface area contributed by atoms with E-state index in [1.165, 1.54) is 0 Å². The number of rotatable bonds is 5. The molecule has 6 nitrogen and oxygen atoms in total. The van der Waals surface area contributed by atoms with Crippen LogP contribution in [0.2, 0.25) is 0 Å². The highest BCUT2D eigenvalue weighted by molar-refractivity contribution is 5.80. The molecule has 20 heavy (non-hydrogen) atoms. The van der Waals surface area contributed by atoms with Gasteiger partial charge in [-0.3, -0.25) is 4.79 Å². The molecule has 1 amide bonds. The number of carbonyl (C=O) groups excluding carboxylic acids is 1. The lowest BCUT2D eigenvalue weighted by molar-refractivity contribution is -0.124. The molecule has 0 aromatic carbocycles. The van der Waals surface area contributed by atoms with Crippen LogP contribution in [-0.4, -0.2) is 34.7 Å². The first-order valence-electron chi connectivity index (χ1n) is 7.32. The third-order valence-corrected chi connectivity index (χ3v) is 4.23. The number of hydrogen-bond donors (Lipinski definition) is 2. The van der Waals surface area contributed by atoms with Gasteiger partial charge in [-0.2, -0.15) is 0 Å². The summed E-state index contributed by atoms with van der Waals surface area (Å²) in [5, 5.41) is 3.02. The number of hydrogen-bond acceptors (Lipinski definition) is 4. The molecule has 1 aromatic heterocycles. The van der Waals surface area contributed by atoms with E-state index < -0.39 is 0 Å². The van der Waals surface area contributed by atoms with Crippen molar-refractivity contribution >= 4 is 5.91 Å². The van der Waals surface area contributed by atoms with Crippen molar-refractivity contribution in [3.05, 3.63) is 18.2 Å². The third kappa shape index (κ3) is 2.71. The first kappa shape index (κ1) is 13.6. The Morgan fingerprint density at radius 2 is 2.35 bits per heavy atom. The van der Waals surface area contributed by atoms with Gasteiger partial charge in [0.15, 0.2) is 0 Å². The fourth-order valence-corrected chi connectivity index (χ4v) is 2.65. The zero-order valence-electron chi connectivity index (χ0n) is 11.8. The highest BCUT2D eigenvalue weighted by atomic mass is 16.5. The van der Waals surface area contributed by atoms with Crippen molar-refractivity contribution in [2.24, 2.45) is 11.7 Å². The fraction of sp³-hybridized carbons (Fsp3) is 0.714. The molecule has 6 heteroatoms. The van der Waals surface area contributed by atoms with E-state index >= 15 is 0 Å². The lowest BCUT2D eigenvalue weighted by atomic mass is 9.97. The molecule has 1 aliphatic heterocycles. The molecular formula is C14H22N4O2. The molecule has 1 aliphatic carbocycles. The fourth-order valence-electron chi connectivity index (χ4n) is 2.65. The van der Waals surface area contributed by atoms with Gasteiger partial charge in [-0.05, 0) is 26.2 Å². The second kappa shape index (κ2) is 5.54. The van der Waals surface area contributed by atoms with E-state index in [2.05, 4.69) is 10.3 Å². The van der Waals surface area contributed by atoms with E-state index in [0.717, 1.165) is 31.6 Å². The molecule has 2 fully saturated rings. The van der Waals surface area contributed by atoms with Gasteiger partial charge >= 0.3 is 0 Å². The summed E-state index contributed by atoms with van der Waals surface area (Å²) >= 11 is 0. The highest BCUT2D eigenvalue weighted by Crippen LogP contribution is 2.28. The summed E-state index contributed by atoms with van der Waals surface area (Å²) in [5.41, 5.74) is 7.24. The van der Waals surface area contributed by atoms with Crippen LogP contribution in [0.3, 0.4) is 0 Å². The average molecular weight is 278 g/mol. The van der Waals surface area contributed by atoms with Gasteiger partial charge < -0.3 is 20.4 Å². The van der Waals surface area contributed by atoms with Crippen molar-refractivity contribution in [2.45, 2.75) is 44.3 Å². The second-order valence-electron chi connectivity index (χ2n) is 5.83. The Balaban J connectivity index is 1.72. The van der Waals surface area contributed by atoms with Crippen molar-refractivity contribution in [3.8, 4) is 0 Å². The van der Waals surface area contributed by atoms with Crippen LogP contribution in [0, 0.1) is 5.92 Å². The Bertz CT molecular complexity index is 477. The largest absolute Gasteiger partial charge is 0.381 e. The first-order valence-corrected chi connectivity index (χ1v) is 7.32. The molecule has 3 unspecified atom stereocenters. The summed E-state index contributed by atoms with van der Waals surface area (Å²) in [4.78, 5) is 16.3. The molecule has 3 rings (SSSR count). The van der Waals surface area contributed by atoms with Crippen LogP contribution >= 0.6 is 0 Å². The van der Waals surface area contributed by atoms with Gasteiger partial charge in [0.25, 0.3) is 0 Å². The zero-order chi connectivity index (χ0) is 14.1. The number of imidazole rings is 1. The summed E-state index contributed by atoms with van der Waals surface area (Å²) < 4.78 is 7.29. The topological polar surface area (TPSA) is 82.2 Å². The molecule has 1 aromatic rings. The van der Waals surface area contributed by atoms with Crippen LogP contribution in [-0.2, 0) is 9.53 Å². The summed E-state index contributed by atoms with van der Waals surface area (Å²) in [7, 11) is 0. The molecule has 2 heterocycles. The van der Waals surface area contributed by atoms with Gasteiger partial charge in [0.1, 0.15) is 6.04 Å². The van der Waals surface area contributed by atoms with Gasteiger partial charge in [-0.15, -0.1) is 0 Å². The number of carbonyl (C=O) groups is 1. The minimum atomic E-state index is -0.276. The van der Waals surface area contributed by atoms with Gasteiger partial charge in [0, 0.05) is 24.8 Å². The normalized spacial score (nSPS) is 25.4. The summed E-state index contributed by atoms with van der Waals surface area (Å²) in [6, 6.07) is -0.0357. The maximum atomic E-state index is 12.2. The van der Waals surface area contributed by atoms with Crippen molar-refractivity contribution < 1.29 is 9.53 Å². The number of nitrogens with two attached hydrogens (primary N) is 1. The molecule has 0 bridgehead atoms. The van der Waals surface area contributed by atoms with Crippen molar-refractivity contribution in [2.75, 3.05) is 13.2 Å². The van der Waals surface area contributed by atoms with E-state index in [1.54, 1.807) is 12.5 Å². The first-order chi connectivity index (χ1) is 9.66.